The Kier molecular flexibility index (Phi) is 5.28. The minimum absolute atomic E-state index is 0.0159. The molecule has 0 radical (unpaired) electrons. The molecule has 2 aromatic heterocycles. The van der Waals surface area contributed by atoms with E-state index in [1.165, 1.54) is 11.8 Å². The van der Waals surface area contributed by atoms with Crippen molar-refractivity contribution in [3.8, 4) is 0 Å². The van der Waals surface area contributed by atoms with Crippen molar-refractivity contribution in [2.24, 2.45) is 11.7 Å². The lowest BCUT2D eigenvalue weighted by Gasteiger charge is -2.13. The zero-order chi connectivity index (χ0) is 16.4. The number of carbonyl (C=O) groups excluding carboxylic acids is 1. The smallest absolute Gasteiger partial charge is 0.263 e. The highest BCUT2D eigenvalue weighted by Gasteiger charge is 2.17. The highest BCUT2D eigenvalue weighted by atomic mass is 32.2. The minimum Gasteiger partial charge on any atom is -0.370 e. The lowest BCUT2D eigenvalue weighted by molar-refractivity contribution is -0.117. The van der Waals surface area contributed by atoms with Crippen molar-refractivity contribution in [1.29, 1.82) is 0 Å². The van der Waals surface area contributed by atoms with Crippen LogP contribution in [0.15, 0.2) is 9.95 Å². The molecule has 0 atom stereocenters. The van der Waals surface area contributed by atoms with Crippen LogP contribution in [0.25, 0.3) is 10.2 Å². The van der Waals surface area contributed by atoms with Gasteiger partial charge in [-0.1, -0.05) is 25.6 Å². The fourth-order valence-electron chi connectivity index (χ4n) is 2.19. The van der Waals surface area contributed by atoms with Crippen LogP contribution in [-0.4, -0.2) is 21.2 Å². The van der Waals surface area contributed by atoms with Gasteiger partial charge < -0.3 is 5.73 Å². The second-order valence-corrected chi connectivity index (χ2v) is 8.00. The molecule has 0 aliphatic heterocycles. The topological polar surface area (TPSA) is 78.0 Å². The number of amides is 1. The van der Waals surface area contributed by atoms with Crippen molar-refractivity contribution in [3.05, 3.63) is 20.8 Å². The first-order valence-corrected chi connectivity index (χ1v) is 9.03. The van der Waals surface area contributed by atoms with Gasteiger partial charge in [-0.15, -0.1) is 11.3 Å². The number of nitrogens with zero attached hydrogens (tertiary/aromatic N) is 2. The molecule has 1 amide bonds. The van der Waals surface area contributed by atoms with E-state index in [-0.39, 0.29) is 17.9 Å². The molecule has 120 valence electrons. The Morgan fingerprint density at radius 2 is 2.09 bits per heavy atom. The summed E-state index contributed by atoms with van der Waals surface area (Å²) in [4.78, 5) is 30.3. The molecule has 7 heteroatoms. The number of aryl methyl sites for hydroxylation is 2. The van der Waals surface area contributed by atoms with Crippen LogP contribution in [0.4, 0.5) is 0 Å². The third kappa shape index (κ3) is 3.52. The molecule has 5 nitrogen and oxygen atoms in total. The normalized spacial score (nSPS) is 11.5. The van der Waals surface area contributed by atoms with E-state index in [0.717, 1.165) is 20.7 Å². The summed E-state index contributed by atoms with van der Waals surface area (Å²) in [5, 5.41) is 1.40. The van der Waals surface area contributed by atoms with Gasteiger partial charge in [0, 0.05) is 23.6 Å². The molecule has 0 aliphatic carbocycles. The monoisotopic (exact) mass is 339 g/mol. The second-order valence-electron chi connectivity index (χ2n) is 5.73. The first-order valence-electron chi connectivity index (χ1n) is 7.23. The average molecular weight is 339 g/mol. The van der Waals surface area contributed by atoms with Crippen molar-refractivity contribution >= 4 is 39.2 Å². The van der Waals surface area contributed by atoms with E-state index in [9.17, 15) is 9.59 Å². The molecule has 0 saturated carbocycles. The molecule has 2 N–H and O–H groups in total. The Hall–Kier alpha value is -1.34. The maximum Gasteiger partial charge on any atom is 0.263 e. The summed E-state index contributed by atoms with van der Waals surface area (Å²) in [7, 11) is 0. The van der Waals surface area contributed by atoms with Gasteiger partial charge in [0.05, 0.1) is 5.39 Å². The van der Waals surface area contributed by atoms with Gasteiger partial charge in [-0.05, 0) is 25.3 Å². The van der Waals surface area contributed by atoms with E-state index in [1.807, 2.05) is 13.8 Å². The molecule has 0 bridgehead atoms. The molecule has 2 heterocycles. The summed E-state index contributed by atoms with van der Waals surface area (Å²) in [6, 6.07) is 0. The molecule has 22 heavy (non-hydrogen) atoms. The molecular weight excluding hydrogens is 318 g/mol. The van der Waals surface area contributed by atoms with E-state index < -0.39 is 0 Å². The van der Waals surface area contributed by atoms with E-state index in [4.69, 9.17) is 5.73 Å². The fraction of sp³-hybridized carbons (Fsp3) is 0.533. The maximum absolute atomic E-state index is 12.8. The first-order chi connectivity index (χ1) is 10.3. The molecule has 2 aromatic rings. The summed E-state index contributed by atoms with van der Waals surface area (Å²) >= 11 is 2.96. The summed E-state index contributed by atoms with van der Waals surface area (Å²) in [5.41, 5.74) is 6.21. The third-order valence-corrected chi connectivity index (χ3v) is 5.46. The molecule has 0 aliphatic rings. The highest BCUT2D eigenvalue weighted by Crippen LogP contribution is 2.28. The molecule has 2 rings (SSSR count). The number of thioether (sulfide) groups is 1. The van der Waals surface area contributed by atoms with Crippen LogP contribution in [0.1, 0.15) is 30.7 Å². The predicted octanol–water partition coefficient (Wildman–Crippen LogP) is 2.70. The summed E-state index contributed by atoms with van der Waals surface area (Å²) in [6.07, 6.45) is 0.281. The molecule has 0 fully saturated rings. The largest absolute Gasteiger partial charge is 0.370 e. The van der Waals surface area contributed by atoms with E-state index >= 15 is 0 Å². The summed E-state index contributed by atoms with van der Waals surface area (Å²) < 4.78 is 1.73. The fourth-order valence-corrected chi connectivity index (χ4v) is 4.22. The van der Waals surface area contributed by atoms with Crippen LogP contribution < -0.4 is 11.3 Å². The van der Waals surface area contributed by atoms with Gasteiger partial charge >= 0.3 is 0 Å². The molecule has 0 unspecified atom stereocenters. The Labute approximate surface area is 137 Å². The number of fused-ring (bicyclic) bond motifs is 1. The number of thiophene rings is 1. The number of rotatable bonds is 6. The van der Waals surface area contributed by atoms with Crippen LogP contribution in [0.2, 0.25) is 0 Å². The van der Waals surface area contributed by atoms with Crippen LogP contribution in [0.3, 0.4) is 0 Å². The predicted molar refractivity (Wildman–Crippen MR) is 92.7 cm³/mol. The first kappa shape index (κ1) is 17.0. The van der Waals surface area contributed by atoms with Gasteiger partial charge in [0.1, 0.15) is 4.83 Å². The van der Waals surface area contributed by atoms with Crippen molar-refractivity contribution in [1.82, 2.24) is 9.55 Å². The van der Waals surface area contributed by atoms with Gasteiger partial charge in [-0.3, -0.25) is 14.2 Å². The number of hydrogen-bond donors (Lipinski definition) is 1. The SMILES string of the molecule is Cc1sc2nc(SCCC(N)=O)n(CC(C)C)c(=O)c2c1C. The van der Waals surface area contributed by atoms with E-state index in [1.54, 1.807) is 15.9 Å². The number of nitrogens with two attached hydrogens (primary N) is 1. The molecule has 0 aromatic carbocycles. The molecule has 0 saturated heterocycles. The zero-order valence-electron chi connectivity index (χ0n) is 13.3. The Bertz CT molecular complexity index is 762. The van der Waals surface area contributed by atoms with Gasteiger partial charge in [0.15, 0.2) is 5.16 Å². The van der Waals surface area contributed by atoms with E-state index in [2.05, 4.69) is 18.8 Å². The van der Waals surface area contributed by atoms with Crippen molar-refractivity contribution in [2.75, 3.05) is 5.75 Å². The second kappa shape index (κ2) is 6.83. The molecule has 0 spiro atoms. The van der Waals surface area contributed by atoms with Gasteiger partial charge in [0.2, 0.25) is 5.91 Å². The standard InChI is InChI=1S/C15H21N3O2S2/c1-8(2)7-18-14(20)12-9(3)10(4)22-13(12)17-15(18)21-6-5-11(16)19/h8H,5-7H2,1-4H3,(H2,16,19). The Morgan fingerprint density at radius 1 is 1.41 bits per heavy atom. The van der Waals surface area contributed by atoms with E-state index in [0.29, 0.717) is 23.4 Å². The quantitative estimate of drug-likeness (QED) is 0.648. The van der Waals surface area contributed by atoms with Gasteiger partial charge in [-0.25, -0.2) is 4.98 Å². The van der Waals surface area contributed by atoms with Crippen LogP contribution >= 0.6 is 23.1 Å². The average Bonchev–Trinajstić information content (AvgIpc) is 2.69. The lowest BCUT2D eigenvalue weighted by atomic mass is 10.2. The Balaban J connectivity index is 2.52. The van der Waals surface area contributed by atoms with Crippen molar-refractivity contribution < 1.29 is 4.79 Å². The highest BCUT2D eigenvalue weighted by molar-refractivity contribution is 7.99. The van der Waals surface area contributed by atoms with Crippen LogP contribution in [0.5, 0.6) is 0 Å². The number of primary amides is 1. The summed E-state index contributed by atoms with van der Waals surface area (Å²) in [5.74, 6) is 0.538. The van der Waals surface area contributed by atoms with Crippen molar-refractivity contribution in [2.45, 2.75) is 45.8 Å². The summed E-state index contributed by atoms with van der Waals surface area (Å²) in [6.45, 7) is 8.74. The van der Waals surface area contributed by atoms with Gasteiger partial charge in [0.25, 0.3) is 5.56 Å². The third-order valence-electron chi connectivity index (χ3n) is 3.38. The number of aromatic nitrogens is 2. The maximum atomic E-state index is 12.8. The minimum atomic E-state index is -0.339. The molecular formula is C15H21N3O2S2. The van der Waals surface area contributed by atoms with Crippen LogP contribution in [0, 0.1) is 19.8 Å². The van der Waals surface area contributed by atoms with Gasteiger partial charge in [-0.2, -0.15) is 0 Å². The number of carbonyl (C=O) groups is 1. The number of hydrogen-bond acceptors (Lipinski definition) is 5. The Morgan fingerprint density at radius 3 is 2.68 bits per heavy atom. The van der Waals surface area contributed by atoms with Crippen LogP contribution in [-0.2, 0) is 11.3 Å². The lowest BCUT2D eigenvalue weighted by Crippen LogP contribution is -2.25. The van der Waals surface area contributed by atoms with Crippen molar-refractivity contribution in [3.63, 3.8) is 0 Å². The zero-order valence-corrected chi connectivity index (χ0v) is 14.9.